The molecule has 0 aliphatic rings. The first-order valence-corrected chi connectivity index (χ1v) is 34.2. The summed E-state index contributed by atoms with van der Waals surface area (Å²) in [6, 6.07) is 106. The molecule has 101 heavy (non-hydrogen) atoms. The molecule has 0 N–H and O–H groups in total. The highest BCUT2D eigenvalue weighted by Crippen LogP contribution is 2.48. The van der Waals surface area contributed by atoms with E-state index in [1.165, 1.54) is 80.2 Å². The Hall–Kier alpha value is -12.9. The third-order valence-electron chi connectivity index (χ3n) is 19.2. The third-order valence-corrected chi connectivity index (χ3v) is 20.3. The van der Waals surface area contributed by atoms with Gasteiger partial charge < -0.3 is 18.2 Å². The van der Waals surface area contributed by atoms with Crippen LogP contribution in [-0.4, -0.2) is 24.1 Å². The predicted octanol–water partition coefficient (Wildman–Crippen LogP) is 24.8. The monoisotopic (exact) mass is 1330 g/mol. The van der Waals surface area contributed by atoms with Gasteiger partial charge in [-0.05, 0) is 170 Å². The minimum Gasteiger partial charge on any atom is -0.435 e. The molecule has 7 nitrogen and oxygen atoms in total. The van der Waals surface area contributed by atoms with Crippen molar-refractivity contribution in [2.45, 2.75) is 0 Å². The lowest BCUT2D eigenvalue weighted by Gasteiger charge is -2.19. The number of anilines is 1. The van der Waals surface area contributed by atoms with E-state index in [0.29, 0.717) is 39.6 Å². The number of rotatable bonds is 13. The molecule has 18 rings (SSSR count). The number of nitrogens with zero attached hydrogens (tertiary/aromatic N) is 3. The van der Waals surface area contributed by atoms with Crippen LogP contribution in [0.3, 0.4) is 0 Å². The van der Waals surface area contributed by atoms with Gasteiger partial charge in [0.25, 0.3) is 0 Å². The Morgan fingerprint density at radius 2 is 0.673 bits per heavy atom. The summed E-state index contributed by atoms with van der Waals surface area (Å²) < 4.78 is 50.7. The van der Waals surface area contributed by atoms with Crippen LogP contribution in [0.25, 0.3) is 188 Å². The minimum atomic E-state index is -0.936. The molecule has 0 saturated carbocycles. The molecule has 0 bridgehead atoms. The number of halogens is 2. The number of hydrogen-bond acceptors (Lipinski definition) is 8. The average molecular weight is 1330 g/mol. The lowest BCUT2D eigenvalue weighted by molar-refractivity contribution is 0.518. The summed E-state index contributed by atoms with van der Waals surface area (Å²) >= 11 is 1.51. The van der Waals surface area contributed by atoms with Gasteiger partial charge in [0, 0.05) is 25.0 Å². The number of aromatic nitrogens is 2. The van der Waals surface area contributed by atoms with E-state index >= 15 is 8.78 Å². The fourth-order valence-corrected chi connectivity index (χ4v) is 15.3. The maximum atomic E-state index is 16.0. The standard InChI is InChI=1S/C91H57F2N3O4S/c1-96(2)87-75(92)49-74-84(63-28-16-7-17-29-63)85(91(97)100-88(74)86(87)93)64-42-36-55(37-43-64)54-32-38-60(39-33-54)72-53-79-76(50-69(72)57-20-8-3-9-21-57)94-89(99-79)80-46-47-81(101-80)90-95-77-51-70(71(52-78(77)98-90)58-22-10-4-11-23-58)59-40-34-56(35-41-59)65-44-45-68-73(48-65)83(62-26-14-6-15-27-62)67-31-19-18-30-66(67)82(68)61-24-12-5-13-25-61/h3-53H,1-2H3. The zero-order valence-corrected chi connectivity index (χ0v) is 55.4. The normalized spacial score (nSPS) is 11.6. The second kappa shape index (κ2) is 24.9. The van der Waals surface area contributed by atoms with Crippen molar-refractivity contribution in [1.29, 1.82) is 0 Å². The number of fused-ring (bicyclic) bond motifs is 5. The Morgan fingerprint density at radius 3 is 1.14 bits per heavy atom. The van der Waals surface area contributed by atoms with Crippen molar-refractivity contribution in [3.8, 4) is 133 Å². The van der Waals surface area contributed by atoms with Gasteiger partial charge in [0.1, 0.15) is 22.5 Å². The second-order valence-electron chi connectivity index (χ2n) is 25.5. The fourth-order valence-electron chi connectivity index (χ4n) is 14.5. The Balaban J connectivity index is 0.649. The van der Waals surface area contributed by atoms with Crippen LogP contribution in [0, 0.1) is 11.6 Å². The topological polar surface area (TPSA) is 85.5 Å². The number of oxazole rings is 2. The molecule has 0 radical (unpaired) electrons. The van der Waals surface area contributed by atoms with Gasteiger partial charge in [-0.2, -0.15) is 0 Å². The van der Waals surface area contributed by atoms with Crippen molar-refractivity contribution in [1.82, 2.24) is 9.97 Å². The number of thiophene rings is 1. The van der Waals surface area contributed by atoms with E-state index in [0.717, 1.165) is 87.5 Å². The molecule has 18 aromatic rings. The fraction of sp³-hybridized carbons (Fsp3) is 0.0220. The van der Waals surface area contributed by atoms with Crippen LogP contribution >= 0.6 is 11.3 Å². The Bertz CT molecular complexity index is 6290. The molecular weight excluding hydrogens is 1270 g/mol. The maximum Gasteiger partial charge on any atom is 0.344 e. The van der Waals surface area contributed by atoms with Crippen LogP contribution in [0.4, 0.5) is 14.5 Å². The zero-order valence-electron chi connectivity index (χ0n) is 54.6. The van der Waals surface area contributed by atoms with Gasteiger partial charge in [0.05, 0.1) is 15.3 Å². The number of benzene rings is 14. The average Bonchev–Trinajstić information content (AvgIpc) is 1.35. The smallest absolute Gasteiger partial charge is 0.344 e. The van der Waals surface area contributed by atoms with Gasteiger partial charge in [0.15, 0.2) is 22.6 Å². The van der Waals surface area contributed by atoms with Gasteiger partial charge in [0.2, 0.25) is 11.8 Å². The van der Waals surface area contributed by atoms with Gasteiger partial charge >= 0.3 is 5.63 Å². The molecular formula is C91H57F2N3O4S. The van der Waals surface area contributed by atoms with Crippen LogP contribution < -0.4 is 10.5 Å². The molecule has 0 unspecified atom stereocenters. The molecule has 480 valence electrons. The van der Waals surface area contributed by atoms with E-state index in [2.05, 4.69) is 212 Å². The van der Waals surface area contributed by atoms with E-state index < -0.39 is 17.3 Å². The van der Waals surface area contributed by atoms with Crippen molar-refractivity contribution in [2.24, 2.45) is 0 Å². The van der Waals surface area contributed by atoms with E-state index in [-0.39, 0.29) is 22.2 Å². The van der Waals surface area contributed by atoms with Crippen molar-refractivity contribution in [3.63, 3.8) is 0 Å². The molecule has 0 aliphatic heterocycles. The van der Waals surface area contributed by atoms with E-state index in [9.17, 15) is 4.79 Å². The summed E-state index contributed by atoms with van der Waals surface area (Å²) in [7, 11) is 3.08. The van der Waals surface area contributed by atoms with Crippen LogP contribution in [0.1, 0.15) is 0 Å². The molecule has 0 atom stereocenters. The molecule has 0 amide bonds. The molecule has 4 heterocycles. The van der Waals surface area contributed by atoms with Crippen molar-refractivity contribution in [2.75, 3.05) is 19.0 Å². The maximum absolute atomic E-state index is 16.0. The van der Waals surface area contributed by atoms with Gasteiger partial charge in [-0.15, -0.1) is 11.3 Å². The van der Waals surface area contributed by atoms with E-state index in [1.807, 2.05) is 91.0 Å². The summed E-state index contributed by atoms with van der Waals surface area (Å²) in [5.41, 5.74) is 20.3. The molecule has 4 aromatic heterocycles. The van der Waals surface area contributed by atoms with E-state index in [4.69, 9.17) is 23.2 Å². The molecule has 0 fully saturated rings. The second-order valence-corrected chi connectivity index (χ2v) is 26.6. The lowest BCUT2D eigenvalue weighted by atomic mass is 9.85. The quantitative estimate of drug-likeness (QED) is 0.0840. The van der Waals surface area contributed by atoms with Crippen LogP contribution in [0.5, 0.6) is 0 Å². The lowest BCUT2D eigenvalue weighted by Crippen LogP contribution is -2.14. The summed E-state index contributed by atoms with van der Waals surface area (Å²) in [5.74, 6) is -0.708. The van der Waals surface area contributed by atoms with Crippen molar-refractivity contribution < 1.29 is 22.0 Å². The third kappa shape index (κ3) is 10.8. The first kappa shape index (κ1) is 60.5. The highest BCUT2D eigenvalue weighted by Gasteiger charge is 2.27. The Morgan fingerprint density at radius 1 is 0.317 bits per heavy atom. The summed E-state index contributed by atoms with van der Waals surface area (Å²) in [6.45, 7) is 0. The first-order chi connectivity index (χ1) is 49.6. The van der Waals surface area contributed by atoms with Crippen LogP contribution in [0.2, 0.25) is 0 Å². The summed E-state index contributed by atoms with van der Waals surface area (Å²) in [6.07, 6.45) is 0. The van der Waals surface area contributed by atoms with Crippen molar-refractivity contribution in [3.05, 3.63) is 331 Å². The Kier molecular flexibility index (Phi) is 14.9. The van der Waals surface area contributed by atoms with Gasteiger partial charge in [-0.3, -0.25) is 0 Å². The summed E-state index contributed by atoms with van der Waals surface area (Å²) in [4.78, 5) is 27.2. The van der Waals surface area contributed by atoms with Crippen molar-refractivity contribution >= 4 is 71.7 Å². The number of hydrogen-bond donors (Lipinski definition) is 0. The van der Waals surface area contributed by atoms with Crippen LogP contribution in [-0.2, 0) is 0 Å². The molecule has 0 saturated heterocycles. The van der Waals surface area contributed by atoms with Crippen LogP contribution in [0.15, 0.2) is 327 Å². The summed E-state index contributed by atoms with van der Waals surface area (Å²) in [5, 5.41) is 5.03. The minimum absolute atomic E-state index is 0.161. The predicted molar refractivity (Wildman–Crippen MR) is 410 cm³/mol. The van der Waals surface area contributed by atoms with Gasteiger partial charge in [-0.25, -0.2) is 23.5 Å². The highest BCUT2D eigenvalue weighted by atomic mass is 32.1. The molecule has 0 aliphatic carbocycles. The highest BCUT2D eigenvalue weighted by molar-refractivity contribution is 7.18. The zero-order chi connectivity index (χ0) is 67.8. The largest absolute Gasteiger partial charge is 0.435 e. The molecule has 10 heteroatoms. The SMILES string of the molecule is CN(C)c1c(F)cc2c(-c3ccccc3)c(-c3ccc(-c4ccc(-c5cc6oc(-c7ccc(-c8nc9cc(-c%10ccc(-c%11ccc%12c(-c%13ccccc%13)c%13ccccc%13c(-c%13ccccc%13)c%12c%11)cc%10)c(-c%10ccccc%10)cc9o8)s7)nc6cc5-c5ccccc5)cc4)cc3)c(=O)oc2c1F. The first-order valence-electron chi connectivity index (χ1n) is 33.4. The molecule has 14 aromatic carbocycles. The van der Waals surface area contributed by atoms with E-state index in [1.54, 1.807) is 0 Å². The molecule has 0 spiro atoms. The van der Waals surface area contributed by atoms with Gasteiger partial charge in [-0.1, -0.05) is 261 Å². The Labute approximate surface area is 583 Å².